The quantitative estimate of drug-likeness (QED) is 0.267. The fourth-order valence-electron chi connectivity index (χ4n) is 2.74. The van der Waals surface area contributed by atoms with Crippen molar-refractivity contribution in [1.29, 1.82) is 0 Å². The Morgan fingerprint density at radius 3 is 2.67 bits per heavy atom. The van der Waals surface area contributed by atoms with E-state index in [1.54, 1.807) is 37.9 Å². The molecule has 0 aliphatic heterocycles. The molecule has 2 heterocycles. The number of amidine groups is 1. The van der Waals surface area contributed by atoms with Gasteiger partial charge in [-0.05, 0) is 37.1 Å². The third kappa shape index (κ3) is 5.04. The summed E-state index contributed by atoms with van der Waals surface area (Å²) >= 11 is 0. The number of hydrazine groups is 1. The molecule has 27 heavy (non-hydrogen) atoms. The minimum absolute atomic E-state index is 0. The van der Waals surface area contributed by atoms with E-state index in [9.17, 15) is 9.80 Å². The maximum Gasteiger partial charge on any atom is 1.00 e. The van der Waals surface area contributed by atoms with Crippen LogP contribution in [-0.4, -0.2) is 34.1 Å². The molecule has 6 nitrogen and oxygen atoms in total. The molecule has 0 saturated heterocycles. The van der Waals surface area contributed by atoms with Gasteiger partial charge in [-0.2, -0.15) is 0 Å². The number of aryl methyl sites for hydroxylation is 1. The Hall–Kier alpha value is -2.46. The zero-order valence-corrected chi connectivity index (χ0v) is 15.5. The van der Waals surface area contributed by atoms with Crippen LogP contribution in [0.15, 0.2) is 55.2 Å². The second kappa shape index (κ2) is 10.0. The van der Waals surface area contributed by atoms with Crippen molar-refractivity contribution in [3.05, 3.63) is 71.8 Å². The molecule has 0 unspecified atom stereocenters. The molecule has 3 aromatic rings. The number of aromatic nitrogens is 3. The summed E-state index contributed by atoms with van der Waals surface area (Å²) in [6.07, 6.45) is 8.07. The Kier molecular flexibility index (Phi) is 7.74. The van der Waals surface area contributed by atoms with E-state index < -0.39 is 0 Å². The largest absolute Gasteiger partial charge is 1.00 e. The molecule has 2 N–H and O–H groups in total. The first kappa shape index (κ1) is 20.8. The SMILES string of the molecule is CNNC(=[N-])c1ccc(-c2ncc(-n3ccnc3)cc2CCCF)cc1.[Li+]. The van der Waals surface area contributed by atoms with E-state index in [-0.39, 0.29) is 31.4 Å². The molecule has 0 fully saturated rings. The summed E-state index contributed by atoms with van der Waals surface area (Å²) < 4.78 is 14.6. The molecule has 1 aromatic carbocycles. The van der Waals surface area contributed by atoms with Gasteiger partial charge in [-0.25, -0.2) is 4.98 Å². The van der Waals surface area contributed by atoms with Gasteiger partial charge in [0.05, 0.1) is 30.6 Å². The van der Waals surface area contributed by atoms with Gasteiger partial charge in [0.15, 0.2) is 0 Å². The predicted molar refractivity (Wildman–Crippen MR) is 101 cm³/mol. The van der Waals surface area contributed by atoms with E-state index in [2.05, 4.69) is 20.8 Å². The third-order valence-corrected chi connectivity index (χ3v) is 4.01. The van der Waals surface area contributed by atoms with Crippen molar-refractivity contribution in [1.82, 2.24) is 25.4 Å². The van der Waals surface area contributed by atoms with E-state index in [1.165, 1.54) is 0 Å². The van der Waals surface area contributed by atoms with Crippen LogP contribution in [0, 0.1) is 0 Å². The monoisotopic (exact) mass is 358 g/mol. The summed E-state index contributed by atoms with van der Waals surface area (Å²) in [7, 11) is 1.67. The van der Waals surface area contributed by atoms with Gasteiger partial charge in [0, 0.05) is 18.0 Å². The minimum Gasteiger partial charge on any atom is -0.464 e. The van der Waals surface area contributed by atoms with Crippen LogP contribution >= 0.6 is 0 Å². The number of rotatable bonds is 7. The van der Waals surface area contributed by atoms with Crippen molar-refractivity contribution >= 4 is 5.84 Å². The molecule has 0 aliphatic rings. The molecular weight excluding hydrogens is 338 g/mol. The molecule has 3 rings (SSSR count). The second-order valence-electron chi connectivity index (χ2n) is 5.76. The number of hydrogen-bond donors (Lipinski definition) is 2. The molecule has 0 spiro atoms. The number of hydrogen-bond acceptors (Lipinski definition) is 3. The fraction of sp³-hybridized carbons (Fsp3) is 0.211. The summed E-state index contributed by atoms with van der Waals surface area (Å²) in [6, 6.07) is 9.40. The molecule has 0 atom stereocenters. The average Bonchev–Trinajstić information content (AvgIpc) is 3.21. The molecule has 0 aliphatic carbocycles. The molecule has 2 aromatic heterocycles. The summed E-state index contributed by atoms with van der Waals surface area (Å²) in [5, 5.41) is 9.87. The van der Waals surface area contributed by atoms with Gasteiger partial charge >= 0.3 is 18.9 Å². The van der Waals surface area contributed by atoms with E-state index in [0.717, 1.165) is 22.5 Å². The first-order valence-corrected chi connectivity index (χ1v) is 8.35. The topological polar surface area (TPSA) is 77.1 Å². The van der Waals surface area contributed by atoms with Crippen LogP contribution in [0.5, 0.6) is 0 Å². The van der Waals surface area contributed by atoms with Crippen LogP contribution in [0.25, 0.3) is 22.4 Å². The van der Waals surface area contributed by atoms with Gasteiger partial charge < -0.3 is 20.8 Å². The number of alkyl halides is 1. The Labute approximate surface area is 169 Å². The number of pyridine rings is 1. The summed E-state index contributed by atoms with van der Waals surface area (Å²) in [5.74, 6) is 0.0418. The number of nitrogens with zero attached hydrogens (tertiary/aromatic N) is 4. The Morgan fingerprint density at radius 2 is 2.04 bits per heavy atom. The normalized spacial score (nSPS) is 10.3. The van der Waals surface area contributed by atoms with Gasteiger partial charge in [0.1, 0.15) is 0 Å². The van der Waals surface area contributed by atoms with Crippen molar-refractivity contribution in [2.24, 2.45) is 0 Å². The van der Waals surface area contributed by atoms with Gasteiger partial charge in [-0.15, -0.1) is 0 Å². The zero-order valence-electron chi connectivity index (χ0n) is 15.5. The number of nitrogens with one attached hydrogen (secondary N) is 2. The average molecular weight is 358 g/mol. The van der Waals surface area contributed by atoms with Crippen molar-refractivity contribution in [3.8, 4) is 16.9 Å². The van der Waals surface area contributed by atoms with Crippen LogP contribution in [0.4, 0.5) is 4.39 Å². The molecule has 0 bridgehead atoms. The van der Waals surface area contributed by atoms with E-state index in [0.29, 0.717) is 18.4 Å². The van der Waals surface area contributed by atoms with Crippen molar-refractivity contribution in [2.45, 2.75) is 12.8 Å². The smallest absolute Gasteiger partial charge is 0.464 e. The van der Waals surface area contributed by atoms with E-state index in [4.69, 9.17) is 0 Å². The molecule has 8 heteroatoms. The van der Waals surface area contributed by atoms with Crippen LogP contribution in [0.1, 0.15) is 17.5 Å². The number of halogens is 1. The van der Waals surface area contributed by atoms with Crippen LogP contribution in [0.2, 0.25) is 0 Å². The summed E-state index contributed by atoms with van der Waals surface area (Å²) in [4.78, 5) is 8.65. The second-order valence-corrected chi connectivity index (χ2v) is 5.76. The van der Waals surface area contributed by atoms with Gasteiger partial charge in [-0.1, -0.05) is 30.1 Å². The maximum atomic E-state index is 12.7. The van der Waals surface area contributed by atoms with Gasteiger partial charge in [0.2, 0.25) is 0 Å². The number of benzene rings is 1. The van der Waals surface area contributed by atoms with Gasteiger partial charge in [0.25, 0.3) is 0 Å². The predicted octanol–water partition coefficient (Wildman–Crippen LogP) is -0.120. The van der Waals surface area contributed by atoms with Crippen molar-refractivity contribution in [2.75, 3.05) is 13.7 Å². The Balaban J connectivity index is 0.00000261. The van der Waals surface area contributed by atoms with Crippen molar-refractivity contribution in [3.63, 3.8) is 0 Å². The minimum atomic E-state index is -0.369. The Morgan fingerprint density at radius 1 is 1.26 bits per heavy atom. The third-order valence-electron chi connectivity index (χ3n) is 4.01. The molecular formula is C19H20FLiN6. The Bertz CT molecular complexity index is 864. The first-order valence-electron chi connectivity index (χ1n) is 8.35. The summed E-state index contributed by atoms with van der Waals surface area (Å²) in [6.45, 7) is -0.369. The van der Waals surface area contributed by atoms with Crippen molar-refractivity contribution < 1.29 is 23.3 Å². The number of imidazole rings is 1. The van der Waals surface area contributed by atoms with Gasteiger partial charge in [-0.3, -0.25) is 9.37 Å². The fourth-order valence-corrected chi connectivity index (χ4v) is 2.74. The standard InChI is InChI=1S/C19H20FN6.Li/c1-22-25-19(21)15-6-4-14(5-7-15)18-16(3-2-8-20)11-17(12-24-18)26-10-9-23-13-26;/h4-7,9-13,22H,2-3,8H2,1H3,(H-,21,25);/q-1;+1. The van der Waals surface area contributed by atoms with E-state index >= 15 is 0 Å². The molecule has 0 amide bonds. The van der Waals surface area contributed by atoms with Crippen LogP contribution in [-0.2, 0) is 6.42 Å². The molecule has 0 radical (unpaired) electrons. The molecule has 134 valence electrons. The molecule has 0 saturated carbocycles. The zero-order chi connectivity index (χ0) is 18.4. The maximum absolute atomic E-state index is 12.7. The van der Waals surface area contributed by atoms with Crippen LogP contribution < -0.4 is 29.7 Å². The first-order chi connectivity index (χ1) is 12.7. The van der Waals surface area contributed by atoms with Crippen LogP contribution in [0.3, 0.4) is 0 Å². The summed E-state index contributed by atoms with van der Waals surface area (Å²) in [5.41, 5.74) is 9.56. The van der Waals surface area contributed by atoms with E-state index in [1.807, 2.05) is 29.0 Å².